The van der Waals surface area contributed by atoms with E-state index in [4.69, 9.17) is 0 Å². The van der Waals surface area contributed by atoms with E-state index in [1.54, 1.807) is 7.05 Å². The number of halogens is 1. The van der Waals surface area contributed by atoms with E-state index in [0.717, 1.165) is 0 Å². The molecular formula is C11H12FN3O2. The van der Waals surface area contributed by atoms with Gasteiger partial charge in [-0.2, -0.15) is 4.39 Å². The summed E-state index contributed by atoms with van der Waals surface area (Å²) in [4.78, 5) is 28.3. The molecule has 2 amide bonds. The molecule has 0 unspecified atom stereocenters. The van der Waals surface area contributed by atoms with Gasteiger partial charge in [-0.3, -0.25) is 9.59 Å². The molecule has 1 aliphatic rings. The lowest BCUT2D eigenvalue weighted by atomic mass is 10.1. The number of amides is 2. The second-order valence-corrected chi connectivity index (χ2v) is 3.94. The Labute approximate surface area is 97.6 Å². The number of pyridine rings is 1. The zero-order valence-corrected chi connectivity index (χ0v) is 9.31. The van der Waals surface area contributed by atoms with Crippen LogP contribution < -0.4 is 5.32 Å². The van der Waals surface area contributed by atoms with Crippen molar-refractivity contribution in [3.05, 3.63) is 24.1 Å². The molecule has 5 nitrogen and oxygen atoms in total. The summed E-state index contributed by atoms with van der Waals surface area (Å²) in [5, 5.41) is 2.44. The number of likely N-dealkylation sites (tertiary alicyclic amines) is 1. The third-order valence-electron chi connectivity index (χ3n) is 2.71. The fraction of sp³-hybridized carbons (Fsp3) is 0.364. The van der Waals surface area contributed by atoms with Gasteiger partial charge in [0.2, 0.25) is 17.8 Å². The molecule has 90 valence electrons. The second kappa shape index (κ2) is 4.48. The van der Waals surface area contributed by atoms with Crippen molar-refractivity contribution in [3.8, 4) is 0 Å². The number of hydrogen-bond acceptors (Lipinski definition) is 3. The van der Waals surface area contributed by atoms with Crippen molar-refractivity contribution in [2.45, 2.75) is 6.42 Å². The third kappa shape index (κ3) is 2.41. The van der Waals surface area contributed by atoms with Crippen LogP contribution in [0.2, 0.25) is 0 Å². The van der Waals surface area contributed by atoms with E-state index >= 15 is 0 Å². The predicted octanol–water partition coefficient (Wildman–Crippen LogP) is 0.637. The van der Waals surface area contributed by atoms with Gasteiger partial charge in [0.05, 0.1) is 0 Å². The Hall–Kier alpha value is -1.98. The van der Waals surface area contributed by atoms with Crippen molar-refractivity contribution in [2.24, 2.45) is 5.92 Å². The van der Waals surface area contributed by atoms with Gasteiger partial charge in [0.15, 0.2) is 0 Å². The number of carbonyl (C=O) groups is 2. The molecule has 2 heterocycles. The molecule has 1 aromatic rings. The van der Waals surface area contributed by atoms with Gasteiger partial charge in [-0.15, -0.1) is 0 Å². The maximum absolute atomic E-state index is 12.8. The minimum Gasteiger partial charge on any atom is -0.345 e. The summed E-state index contributed by atoms with van der Waals surface area (Å²) in [6, 6.07) is 4.11. The molecule has 0 aliphatic carbocycles. The van der Waals surface area contributed by atoms with Crippen LogP contribution >= 0.6 is 0 Å². The molecule has 1 aliphatic heterocycles. The first-order valence-electron chi connectivity index (χ1n) is 5.26. The highest BCUT2D eigenvalue weighted by Crippen LogP contribution is 2.18. The van der Waals surface area contributed by atoms with Crippen molar-refractivity contribution in [2.75, 3.05) is 18.9 Å². The van der Waals surface area contributed by atoms with Gasteiger partial charge in [-0.1, -0.05) is 6.07 Å². The molecule has 2 rings (SSSR count). The summed E-state index contributed by atoms with van der Waals surface area (Å²) in [6.45, 7) is 0.563. The molecule has 1 aromatic heterocycles. The minimum atomic E-state index is -0.690. The highest BCUT2D eigenvalue weighted by Gasteiger charge is 2.34. The number of nitrogens with one attached hydrogen (secondary N) is 1. The first kappa shape index (κ1) is 11.5. The van der Waals surface area contributed by atoms with Gasteiger partial charge in [0.25, 0.3) is 0 Å². The lowest BCUT2D eigenvalue weighted by Gasteiger charge is -2.10. The van der Waals surface area contributed by atoms with Crippen LogP contribution in [0.5, 0.6) is 0 Å². The van der Waals surface area contributed by atoms with Crippen LogP contribution in [0.3, 0.4) is 0 Å². The molecule has 17 heavy (non-hydrogen) atoms. The Morgan fingerprint density at radius 1 is 1.59 bits per heavy atom. The lowest BCUT2D eigenvalue weighted by molar-refractivity contribution is -0.134. The number of rotatable bonds is 2. The summed E-state index contributed by atoms with van der Waals surface area (Å²) in [5.41, 5.74) is 0. The van der Waals surface area contributed by atoms with Gasteiger partial charge in [0, 0.05) is 13.6 Å². The van der Waals surface area contributed by atoms with E-state index in [0.29, 0.717) is 13.0 Å². The highest BCUT2D eigenvalue weighted by molar-refractivity contribution is 6.07. The molecule has 6 heteroatoms. The molecule has 0 radical (unpaired) electrons. The summed E-state index contributed by atoms with van der Waals surface area (Å²) < 4.78 is 12.8. The van der Waals surface area contributed by atoms with Crippen molar-refractivity contribution >= 4 is 17.6 Å². The Morgan fingerprint density at radius 3 is 2.94 bits per heavy atom. The summed E-state index contributed by atoms with van der Waals surface area (Å²) in [6.07, 6.45) is 0.483. The van der Waals surface area contributed by atoms with E-state index in [9.17, 15) is 14.0 Å². The number of carbonyl (C=O) groups excluding carboxylic acids is 2. The first-order valence-corrected chi connectivity index (χ1v) is 5.26. The molecule has 0 aromatic carbocycles. The lowest BCUT2D eigenvalue weighted by Crippen LogP contribution is -2.31. The summed E-state index contributed by atoms with van der Waals surface area (Å²) in [5.74, 6) is -1.88. The topological polar surface area (TPSA) is 62.3 Å². The fourth-order valence-corrected chi connectivity index (χ4v) is 1.76. The molecular weight excluding hydrogens is 225 g/mol. The zero-order valence-electron chi connectivity index (χ0n) is 9.31. The van der Waals surface area contributed by atoms with E-state index < -0.39 is 17.8 Å². The minimum absolute atomic E-state index is 0.123. The molecule has 1 saturated heterocycles. The van der Waals surface area contributed by atoms with Crippen LogP contribution in [0.4, 0.5) is 10.2 Å². The monoisotopic (exact) mass is 237 g/mol. The molecule has 1 fully saturated rings. The Bertz CT molecular complexity index is 464. The second-order valence-electron chi connectivity index (χ2n) is 3.94. The SMILES string of the molecule is CN1CC[C@@H](C(=O)Nc2cccc(F)n2)C1=O. The quantitative estimate of drug-likeness (QED) is 0.606. The van der Waals surface area contributed by atoms with Crippen molar-refractivity contribution in [1.82, 2.24) is 9.88 Å². The van der Waals surface area contributed by atoms with Crippen molar-refractivity contribution < 1.29 is 14.0 Å². The fourth-order valence-electron chi connectivity index (χ4n) is 1.76. The van der Waals surface area contributed by atoms with Crippen LogP contribution in [-0.4, -0.2) is 35.3 Å². The Morgan fingerprint density at radius 2 is 2.35 bits per heavy atom. The van der Waals surface area contributed by atoms with Crippen molar-refractivity contribution in [3.63, 3.8) is 0 Å². The number of hydrogen-bond donors (Lipinski definition) is 1. The van der Waals surface area contributed by atoms with Crippen LogP contribution in [0.1, 0.15) is 6.42 Å². The smallest absolute Gasteiger partial charge is 0.238 e. The predicted molar refractivity (Wildman–Crippen MR) is 58.6 cm³/mol. The Kier molecular flexibility index (Phi) is 3.03. The van der Waals surface area contributed by atoms with Crippen LogP contribution in [0.25, 0.3) is 0 Å². The maximum Gasteiger partial charge on any atom is 0.238 e. The largest absolute Gasteiger partial charge is 0.345 e. The van der Waals surface area contributed by atoms with E-state index in [1.807, 2.05) is 0 Å². The van der Waals surface area contributed by atoms with Crippen LogP contribution in [-0.2, 0) is 9.59 Å². The van der Waals surface area contributed by atoms with E-state index in [2.05, 4.69) is 10.3 Å². The van der Waals surface area contributed by atoms with E-state index in [1.165, 1.54) is 23.1 Å². The average Bonchev–Trinajstić information content (AvgIpc) is 2.60. The van der Waals surface area contributed by atoms with Gasteiger partial charge < -0.3 is 10.2 Å². The molecule has 1 atom stereocenters. The van der Waals surface area contributed by atoms with Gasteiger partial charge in [-0.25, -0.2) is 4.98 Å². The van der Waals surface area contributed by atoms with Gasteiger partial charge >= 0.3 is 0 Å². The third-order valence-corrected chi connectivity index (χ3v) is 2.71. The van der Waals surface area contributed by atoms with Crippen LogP contribution in [0, 0.1) is 11.9 Å². The van der Waals surface area contributed by atoms with Crippen LogP contribution in [0.15, 0.2) is 18.2 Å². The number of aromatic nitrogens is 1. The standard InChI is InChI=1S/C11H12FN3O2/c1-15-6-5-7(11(15)17)10(16)14-9-4-2-3-8(12)13-9/h2-4,7H,5-6H2,1H3,(H,13,14,16)/t7-/m0/s1. The molecule has 0 saturated carbocycles. The maximum atomic E-state index is 12.8. The van der Waals surface area contributed by atoms with Gasteiger partial charge in [-0.05, 0) is 18.6 Å². The van der Waals surface area contributed by atoms with Gasteiger partial charge in [0.1, 0.15) is 11.7 Å². The normalized spacial score (nSPS) is 19.5. The molecule has 0 bridgehead atoms. The first-order chi connectivity index (χ1) is 8.08. The number of nitrogens with zero attached hydrogens (tertiary/aromatic N) is 2. The summed E-state index contributed by atoms with van der Waals surface area (Å²) >= 11 is 0. The average molecular weight is 237 g/mol. The Balaban J connectivity index is 2.05. The molecule has 0 spiro atoms. The highest BCUT2D eigenvalue weighted by atomic mass is 19.1. The molecule has 1 N–H and O–H groups in total. The van der Waals surface area contributed by atoms with Crippen molar-refractivity contribution in [1.29, 1.82) is 0 Å². The zero-order chi connectivity index (χ0) is 12.4. The summed E-state index contributed by atoms with van der Waals surface area (Å²) in [7, 11) is 1.65. The number of anilines is 1. The van der Waals surface area contributed by atoms with E-state index in [-0.39, 0.29) is 11.7 Å².